The van der Waals surface area contributed by atoms with Gasteiger partial charge in [-0.15, -0.1) is 0 Å². The number of hydrogen-bond acceptors (Lipinski definition) is 5. The van der Waals surface area contributed by atoms with Crippen LogP contribution in [0.15, 0.2) is 58.0 Å². The smallest absolute Gasteiger partial charge is 0.345 e. The Hall–Kier alpha value is -3.12. The van der Waals surface area contributed by atoms with E-state index in [0.29, 0.717) is 22.9 Å². The van der Waals surface area contributed by atoms with Crippen LogP contribution >= 0.6 is 0 Å². The summed E-state index contributed by atoms with van der Waals surface area (Å²) in [5, 5.41) is 4.34. The standard InChI is InChI=1S/C22H22N4O2/c1-14-3-6-21-24-19(13-26(21)11-14)18-9-16-4-5-17(10-20(16)28-22(18)27)25-8-7-23-15(2)12-25/h3-6,9-11,13,15,23H,7-8,12H2,1-2H3/t15-/m1/s1. The van der Waals surface area contributed by atoms with Gasteiger partial charge in [0.05, 0.1) is 11.3 Å². The minimum absolute atomic E-state index is 0.363. The number of nitrogens with one attached hydrogen (secondary N) is 1. The molecule has 0 saturated carbocycles. The lowest BCUT2D eigenvalue weighted by molar-refractivity contribution is 0.484. The van der Waals surface area contributed by atoms with E-state index in [4.69, 9.17) is 4.42 Å². The lowest BCUT2D eigenvalue weighted by Gasteiger charge is -2.33. The Labute approximate surface area is 162 Å². The number of anilines is 1. The van der Waals surface area contributed by atoms with Gasteiger partial charge in [-0.3, -0.25) is 0 Å². The maximum atomic E-state index is 12.7. The second-order valence-electron chi connectivity index (χ2n) is 7.57. The van der Waals surface area contributed by atoms with Gasteiger partial charge in [-0.1, -0.05) is 6.07 Å². The van der Waals surface area contributed by atoms with E-state index in [2.05, 4.69) is 28.2 Å². The summed E-state index contributed by atoms with van der Waals surface area (Å²) in [4.78, 5) is 19.6. The zero-order chi connectivity index (χ0) is 19.3. The van der Waals surface area contributed by atoms with E-state index < -0.39 is 0 Å². The van der Waals surface area contributed by atoms with Crippen LogP contribution in [0, 0.1) is 6.92 Å². The van der Waals surface area contributed by atoms with Crippen LogP contribution in [0.4, 0.5) is 5.69 Å². The molecular formula is C22H22N4O2. The maximum absolute atomic E-state index is 12.7. The van der Waals surface area contributed by atoms with Crippen LogP contribution in [-0.2, 0) is 0 Å². The Kier molecular flexibility index (Phi) is 3.94. The fourth-order valence-electron chi connectivity index (χ4n) is 3.87. The van der Waals surface area contributed by atoms with E-state index in [-0.39, 0.29) is 5.63 Å². The van der Waals surface area contributed by atoms with Gasteiger partial charge < -0.3 is 19.0 Å². The summed E-state index contributed by atoms with van der Waals surface area (Å²) < 4.78 is 7.61. The van der Waals surface area contributed by atoms with Gasteiger partial charge in [0.1, 0.15) is 11.2 Å². The predicted molar refractivity (Wildman–Crippen MR) is 111 cm³/mol. The van der Waals surface area contributed by atoms with Gasteiger partial charge in [-0.2, -0.15) is 0 Å². The van der Waals surface area contributed by atoms with Gasteiger partial charge in [0.25, 0.3) is 0 Å². The number of imidazole rings is 1. The number of aromatic nitrogens is 2. The van der Waals surface area contributed by atoms with Crippen molar-refractivity contribution in [1.82, 2.24) is 14.7 Å². The molecule has 142 valence electrons. The van der Waals surface area contributed by atoms with Crippen LogP contribution in [0.1, 0.15) is 12.5 Å². The molecule has 4 aromatic rings. The zero-order valence-corrected chi connectivity index (χ0v) is 16.0. The molecule has 1 aromatic carbocycles. The van der Waals surface area contributed by atoms with E-state index in [1.54, 1.807) is 0 Å². The first-order chi connectivity index (χ1) is 13.6. The van der Waals surface area contributed by atoms with Crippen LogP contribution < -0.4 is 15.8 Å². The summed E-state index contributed by atoms with van der Waals surface area (Å²) in [6.07, 6.45) is 3.87. The Morgan fingerprint density at radius 2 is 2.07 bits per heavy atom. The van der Waals surface area contributed by atoms with E-state index in [1.807, 2.05) is 54.0 Å². The van der Waals surface area contributed by atoms with Crippen molar-refractivity contribution in [2.75, 3.05) is 24.5 Å². The van der Waals surface area contributed by atoms with E-state index >= 15 is 0 Å². The first kappa shape index (κ1) is 17.0. The fraction of sp³-hybridized carbons (Fsp3) is 0.273. The van der Waals surface area contributed by atoms with Crippen LogP contribution in [0.25, 0.3) is 27.9 Å². The molecule has 0 amide bonds. The first-order valence-electron chi connectivity index (χ1n) is 9.59. The van der Waals surface area contributed by atoms with Crippen molar-refractivity contribution in [3.63, 3.8) is 0 Å². The third-order valence-corrected chi connectivity index (χ3v) is 5.33. The molecule has 1 aliphatic heterocycles. The number of rotatable bonds is 2. The third kappa shape index (κ3) is 2.96. The van der Waals surface area contributed by atoms with Gasteiger partial charge in [-0.05, 0) is 43.7 Å². The lowest BCUT2D eigenvalue weighted by Crippen LogP contribution is -2.49. The van der Waals surface area contributed by atoms with Gasteiger partial charge in [0, 0.05) is 55.2 Å². The molecule has 1 saturated heterocycles. The van der Waals surface area contributed by atoms with Crippen molar-refractivity contribution in [1.29, 1.82) is 0 Å². The molecule has 3 aromatic heterocycles. The molecule has 1 fully saturated rings. The molecule has 4 heterocycles. The molecule has 6 nitrogen and oxygen atoms in total. The van der Waals surface area contributed by atoms with Crippen LogP contribution in [0.3, 0.4) is 0 Å². The highest BCUT2D eigenvalue weighted by Crippen LogP contribution is 2.26. The molecule has 0 spiro atoms. The molecule has 5 rings (SSSR count). The Balaban J connectivity index is 1.56. The maximum Gasteiger partial charge on any atom is 0.345 e. The molecule has 28 heavy (non-hydrogen) atoms. The molecule has 1 aliphatic rings. The van der Waals surface area contributed by atoms with E-state index in [9.17, 15) is 4.79 Å². The number of nitrogens with zero attached hydrogens (tertiary/aromatic N) is 3. The van der Waals surface area contributed by atoms with Crippen molar-refractivity contribution in [2.45, 2.75) is 19.9 Å². The number of benzene rings is 1. The minimum Gasteiger partial charge on any atom is -0.422 e. The number of piperazine rings is 1. The molecular weight excluding hydrogens is 352 g/mol. The molecule has 0 aliphatic carbocycles. The Bertz CT molecular complexity index is 1240. The van der Waals surface area contributed by atoms with Gasteiger partial charge >= 0.3 is 5.63 Å². The molecule has 0 bridgehead atoms. The number of pyridine rings is 1. The normalized spacial score (nSPS) is 17.5. The number of hydrogen-bond donors (Lipinski definition) is 1. The zero-order valence-electron chi connectivity index (χ0n) is 16.0. The summed E-state index contributed by atoms with van der Waals surface area (Å²) in [6, 6.07) is 12.3. The fourth-order valence-corrected chi connectivity index (χ4v) is 3.87. The summed E-state index contributed by atoms with van der Waals surface area (Å²) in [5.74, 6) is 0. The second kappa shape index (κ2) is 6.49. The number of aryl methyl sites for hydroxylation is 1. The van der Waals surface area contributed by atoms with Crippen molar-refractivity contribution in [3.05, 3.63) is 64.8 Å². The highest BCUT2D eigenvalue weighted by Gasteiger charge is 2.17. The molecule has 0 radical (unpaired) electrons. The molecule has 0 unspecified atom stereocenters. The van der Waals surface area contributed by atoms with Crippen molar-refractivity contribution < 1.29 is 4.42 Å². The lowest BCUT2D eigenvalue weighted by atomic mass is 10.1. The van der Waals surface area contributed by atoms with E-state index in [0.717, 1.165) is 41.9 Å². The molecule has 1 N–H and O–H groups in total. The van der Waals surface area contributed by atoms with E-state index in [1.165, 1.54) is 0 Å². The molecule has 1 atom stereocenters. The quantitative estimate of drug-likeness (QED) is 0.546. The van der Waals surface area contributed by atoms with Gasteiger partial charge in [0.15, 0.2) is 0 Å². The topological polar surface area (TPSA) is 62.8 Å². The third-order valence-electron chi connectivity index (χ3n) is 5.33. The van der Waals surface area contributed by atoms with Crippen molar-refractivity contribution in [3.8, 4) is 11.3 Å². The van der Waals surface area contributed by atoms with Crippen LogP contribution in [-0.4, -0.2) is 35.1 Å². The van der Waals surface area contributed by atoms with Crippen LogP contribution in [0.2, 0.25) is 0 Å². The average molecular weight is 374 g/mol. The summed E-state index contributed by atoms with van der Waals surface area (Å²) in [5.41, 5.74) is 4.38. The summed E-state index contributed by atoms with van der Waals surface area (Å²) in [6.45, 7) is 7.04. The average Bonchev–Trinajstić information content (AvgIpc) is 3.10. The summed E-state index contributed by atoms with van der Waals surface area (Å²) in [7, 11) is 0. The number of fused-ring (bicyclic) bond motifs is 2. The van der Waals surface area contributed by atoms with Crippen LogP contribution in [0.5, 0.6) is 0 Å². The molecule has 6 heteroatoms. The predicted octanol–water partition coefficient (Wildman–Crippen LogP) is 3.21. The monoisotopic (exact) mass is 374 g/mol. The summed E-state index contributed by atoms with van der Waals surface area (Å²) >= 11 is 0. The second-order valence-corrected chi connectivity index (χ2v) is 7.57. The highest BCUT2D eigenvalue weighted by molar-refractivity contribution is 5.84. The minimum atomic E-state index is -0.363. The largest absolute Gasteiger partial charge is 0.422 e. The first-order valence-corrected chi connectivity index (χ1v) is 9.59. The van der Waals surface area contributed by atoms with Gasteiger partial charge in [-0.25, -0.2) is 9.78 Å². The highest BCUT2D eigenvalue weighted by atomic mass is 16.4. The van der Waals surface area contributed by atoms with Crippen molar-refractivity contribution in [2.24, 2.45) is 0 Å². The van der Waals surface area contributed by atoms with Gasteiger partial charge in [0.2, 0.25) is 0 Å². The SMILES string of the molecule is Cc1ccc2nc(-c3cc4ccc(N5CCN[C@H](C)C5)cc4oc3=O)cn2c1. The Morgan fingerprint density at radius 1 is 1.18 bits per heavy atom. The Morgan fingerprint density at radius 3 is 2.93 bits per heavy atom. The van der Waals surface area contributed by atoms with Crippen molar-refractivity contribution >= 4 is 22.3 Å².